The second-order valence-corrected chi connectivity index (χ2v) is 4.01. The largest absolute Gasteiger partial charge is 0.478 e. The smallest absolute Gasteiger partial charge is 0.335 e. The summed E-state index contributed by atoms with van der Waals surface area (Å²) in [5, 5.41) is 12.5. The predicted octanol–water partition coefficient (Wildman–Crippen LogP) is 2.11. The van der Waals surface area contributed by atoms with E-state index in [1.165, 1.54) is 25.3 Å². The molecule has 0 atom stereocenters. The first-order valence-corrected chi connectivity index (χ1v) is 5.79. The number of carboxylic acid groups (broad SMARTS) is 1. The van der Waals surface area contributed by atoms with Crippen molar-refractivity contribution in [2.24, 2.45) is 5.10 Å². The van der Waals surface area contributed by atoms with Crippen LogP contribution in [0, 0.1) is 0 Å². The maximum atomic E-state index is 10.8. The van der Waals surface area contributed by atoms with Crippen molar-refractivity contribution in [1.29, 1.82) is 0 Å². The van der Waals surface area contributed by atoms with Crippen LogP contribution in [0.3, 0.4) is 0 Å². The predicted molar refractivity (Wildman–Crippen MR) is 72.5 cm³/mol. The summed E-state index contributed by atoms with van der Waals surface area (Å²) in [6.07, 6.45) is 1.39. The van der Waals surface area contributed by atoms with Gasteiger partial charge in [-0.2, -0.15) is 5.10 Å². The number of furan rings is 1. The number of hydrazone groups is 1. The van der Waals surface area contributed by atoms with Gasteiger partial charge in [-0.15, -0.1) is 0 Å². The van der Waals surface area contributed by atoms with Crippen molar-refractivity contribution in [3.8, 4) is 11.3 Å². The van der Waals surface area contributed by atoms with Crippen LogP contribution in [0.25, 0.3) is 11.3 Å². The summed E-state index contributed by atoms with van der Waals surface area (Å²) in [4.78, 5) is 21.4. The van der Waals surface area contributed by atoms with Crippen LogP contribution in [0.4, 0.5) is 0 Å². The fraction of sp³-hybridized carbons (Fsp3) is 0.0714. The van der Waals surface area contributed by atoms with Crippen LogP contribution in [0.2, 0.25) is 0 Å². The number of hydrogen-bond acceptors (Lipinski definition) is 4. The Morgan fingerprint density at radius 1 is 1.20 bits per heavy atom. The van der Waals surface area contributed by atoms with E-state index in [4.69, 9.17) is 9.52 Å². The highest BCUT2D eigenvalue weighted by molar-refractivity contribution is 5.88. The topological polar surface area (TPSA) is 91.9 Å². The first-order chi connectivity index (χ1) is 9.56. The van der Waals surface area contributed by atoms with Gasteiger partial charge in [-0.05, 0) is 24.3 Å². The Morgan fingerprint density at radius 2 is 1.90 bits per heavy atom. The Kier molecular flexibility index (Phi) is 3.95. The molecule has 1 aromatic carbocycles. The zero-order valence-electron chi connectivity index (χ0n) is 10.7. The summed E-state index contributed by atoms with van der Waals surface area (Å²) in [5.74, 6) is -0.168. The standard InChI is InChI=1S/C14H12N2O4/c1-9(17)16-15-8-12-6-7-13(20-12)10-2-4-11(5-3-10)14(18)19/h2-8H,1H3,(H,16,17)(H,18,19)/b15-8+. The summed E-state index contributed by atoms with van der Waals surface area (Å²) in [7, 11) is 0. The van der Waals surface area contributed by atoms with Crippen LogP contribution in [-0.2, 0) is 4.79 Å². The number of rotatable bonds is 4. The fourth-order valence-corrected chi connectivity index (χ4v) is 1.54. The van der Waals surface area contributed by atoms with Crippen LogP contribution < -0.4 is 5.43 Å². The molecule has 0 aliphatic heterocycles. The summed E-state index contributed by atoms with van der Waals surface area (Å²) in [6.45, 7) is 1.36. The lowest BCUT2D eigenvalue weighted by Gasteiger charge is -1.98. The van der Waals surface area contributed by atoms with Gasteiger partial charge in [0.05, 0.1) is 11.8 Å². The second kappa shape index (κ2) is 5.83. The molecule has 0 saturated heterocycles. The van der Waals surface area contributed by atoms with E-state index in [0.717, 1.165) is 5.56 Å². The summed E-state index contributed by atoms with van der Waals surface area (Å²) < 4.78 is 5.50. The van der Waals surface area contributed by atoms with Gasteiger partial charge in [-0.3, -0.25) is 4.79 Å². The van der Waals surface area contributed by atoms with Crippen molar-refractivity contribution in [2.45, 2.75) is 6.92 Å². The van der Waals surface area contributed by atoms with E-state index in [1.54, 1.807) is 24.3 Å². The zero-order chi connectivity index (χ0) is 14.5. The highest BCUT2D eigenvalue weighted by Gasteiger charge is 2.06. The van der Waals surface area contributed by atoms with Crippen molar-refractivity contribution in [3.05, 3.63) is 47.7 Å². The minimum atomic E-state index is -0.973. The molecule has 0 bridgehead atoms. The number of carbonyl (C=O) groups is 2. The molecule has 2 aromatic rings. The Balaban J connectivity index is 2.14. The maximum Gasteiger partial charge on any atom is 0.335 e. The normalized spacial score (nSPS) is 10.7. The van der Waals surface area contributed by atoms with Gasteiger partial charge in [0, 0.05) is 12.5 Å². The van der Waals surface area contributed by atoms with Gasteiger partial charge in [-0.1, -0.05) is 12.1 Å². The minimum Gasteiger partial charge on any atom is -0.478 e. The highest BCUT2D eigenvalue weighted by Crippen LogP contribution is 2.21. The summed E-state index contributed by atoms with van der Waals surface area (Å²) in [5.41, 5.74) is 3.24. The summed E-state index contributed by atoms with van der Waals surface area (Å²) in [6, 6.07) is 9.78. The van der Waals surface area contributed by atoms with E-state index in [-0.39, 0.29) is 11.5 Å². The van der Waals surface area contributed by atoms with Crippen molar-refractivity contribution in [2.75, 3.05) is 0 Å². The van der Waals surface area contributed by atoms with E-state index in [0.29, 0.717) is 11.5 Å². The molecule has 6 heteroatoms. The molecule has 1 aromatic heterocycles. The lowest BCUT2D eigenvalue weighted by molar-refractivity contribution is -0.118. The monoisotopic (exact) mass is 272 g/mol. The third kappa shape index (κ3) is 3.32. The lowest BCUT2D eigenvalue weighted by atomic mass is 10.1. The molecule has 20 heavy (non-hydrogen) atoms. The molecule has 6 nitrogen and oxygen atoms in total. The SMILES string of the molecule is CC(=O)N/N=C/c1ccc(-c2ccc(C(=O)O)cc2)o1. The number of nitrogens with one attached hydrogen (secondary N) is 1. The Hall–Kier alpha value is -2.89. The number of benzene rings is 1. The molecule has 0 fully saturated rings. The first kappa shape index (κ1) is 13.5. The fourth-order valence-electron chi connectivity index (χ4n) is 1.54. The molecule has 1 heterocycles. The van der Waals surface area contributed by atoms with E-state index < -0.39 is 5.97 Å². The van der Waals surface area contributed by atoms with Crippen LogP contribution >= 0.6 is 0 Å². The van der Waals surface area contributed by atoms with Crippen LogP contribution in [0.15, 0.2) is 45.9 Å². The second-order valence-electron chi connectivity index (χ2n) is 4.01. The third-order valence-corrected chi connectivity index (χ3v) is 2.46. The van der Waals surface area contributed by atoms with Crippen LogP contribution in [0.1, 0.15) is 23.0 Å². The third-order valence-electron chi connectivity index (χ3n) is 2.46. The van der Waals surface area contributed by atoms with Crippen LogP contribution in [-0.4, -0.2) is 23.2 Å². The molecule has 1 amide bonds. The molecule has 0 aliphatic rings. The van der Waals surface area contributed by atoms with Crippen molar-refractivity contribution >= 4 is 18.1 Å². The van der Waals surface area contributed by atoms with E-state index in [2.05, 4.69) is 10.5 Å². The molecule has 0 saturated carbocycles. The Bertz CT molecular complexity index is 656. The highest BCUT2D eigenvalue weighted by atomic mass is 16.4. The molecule has 2 rings (SSSR count). The average Bonchev–Trinajstić information content (AvgIpc) is 2.87. The quantitative estimate of drug-likeness (QED) is 0.658. The Morgan fingerprint density at radius 3 is 2.50 bits per heavy atom. The molecule has 0 spiro atoms. The van der Waals surface area contributed by atoms with E-state index in [9.17, 15) is 9.59 Å². The molecule has 0 radical (unpaired) electrons. The van der Waals surface area contributed by atoms with Crippen LogP contribution in [0.5, 0.6) is 0 Å². The molecular formula is C14H12N2O4. The number of hydrogen-bond donors (Lipinski definition) is 2. The van der Waals surface area contributed by atoms with Gasteiger partial charge in [-0.25, -0.2) is 10.2 Å². The van der Waals surface area contributed by atoms with Gasteiger partial charge in [0.1, 0.15) is 11.5 Å². The molecule has 2 N–H and O–H groups in total. The van der Waals surface area contributed by atoms with Gasteiger partial charge < -0.3 is 9.52 Å². The maximum absolute atomic E-state index is 10.8. The number of carbonyl (C=O) groups excluding carboxylic acids is 1. The zero-order valence-corrected chi connectivity index (χ0v) is 10.7. The number of aromatic carboxylic acids is 1. The van der Waals surface area contributed by atoms with Crippen molar-refractivity contribution in [3.63, 3.8) is 0 Å². The Labute approximate surface area is 114 Å². The first-order valence-electron chi connectivity index (χ1n) is 5.79. The molecular weight excluding hydrogens is 260 g/mol. The number of amides is 1. The van der Waals surface area contributed by atoms with Gasteiger partial charge in [0.15, 0.2) is 0 Å². The van der Waals surface area contributed by atoms with Gasteiger partial charge in [0.25, 0.3) is 0 Å². The molecule has 102 valence electrons. The number of carboxylic acids is 1. The van der Waals surface area contributed by atoms with E-state index >= 15 is 0 Å². The van der Waals surface area contributed by atoms with Crippen molar-refractivity contribution < 1.29 is 19.1 Å². The molecule has 0 aliphatic carbocycles. The van der Waals surface area contributed by atoms with Crippen molar-refractivity contribution in [1.82, 2.24) is 5.43 Å². The average molecular weight is 272 g/mol. The van der Waals surface area contributed by atoms with Gasteiger partial charge >= 0.3 is 5.97 Å². The number of nitrogens with zero attached hydrogens (tertiary/aromatic N) is 1. The lowest BCUT2D eigenvalue weighted by Crippen LogP contribution is -2.12. The van der Waals surface area contributed by atoms with E-state index in [1.807, 2.05) is 0 Å². The minimum absolute atomic E-state index is 0.216. The summed E-state index contributed by atoms with van der Waals surface area (Å²) >= 11 is 0. The molecule has 0 unspecified atom stereocenters. The van der Waals surface area contributed by atoms with Gasteiger partial charge in [0.2, 0.25) is 5.91 Å².